The minimum atomic E-state index is -4.73. The highest BCUT2D eigenvalue weighted by molar-refractivity contribution is 8.00. The third-order valence-corrected chi connectivity index (χ3v) is 5.13. The van der Waals surface area contributed by atoms with Crippen LogP contribution in [0.3, 0.4) is 0 Å². The van der Waals surface area contributed by atoms with Gasteiger partial charge in [-0.2, -0.15) is 0 Å². The molecule has 0 bridgehead atoms. The predicted octanol–water partition coefficient (Wildman–Crippen LogP) is 4.85. The molecule has 0 unspecified atom stereocenters. The molecule has 0 atom stereocenters. The van der Waals surface area contributed by atoms with E-state index >= 15 is 0 Å². The predicted molar refractivity (Wildman–Crippen MR) is 95.9 cm³/mol. The second-order valence-corrected chi connectivity index (χ2v) is 7.32. The summed E-state index contributed by atoms with van der Waals surface area (Å²) in [4.78, 5) is 11.4. The first-order valence-corrected chi connectivity index (χ1v) is 9.39. The Hall–Kier alpha value is -2.73. The number of thioether (sulfide) groups is 1. The molecule has 148 valence electrons. The zero-order valence-corrected chi connectivity index (χ0v) is 15.8. The highest BCUT2D eigenvalue weighted by atomic mass is 32.2. The largest absolute Gasteiger partial charge is 0.573 e. The highest BCUT2D eigenvalue weighted by Crippen LogP contribution is 2.31. The van der Waals surface area contributed by atoms with Gasteiger partial charge in [0.05, 0.1) is 12.9 Å². The number of hydrogen-bond acceptors (Lipinski definition) is 9. The zero-order chi connectivity index (χ0) is 20.1. The number of ether oxygens (including phenoxy) is 2. The monoisotopic (exact) mass is 431 g/mol. The van der Waals surface area contributed by atoms with Gasteiger partial charge in [-0.1, -0.05) is 23.1 Å². The number of halogens is 3. The SMILES string of the molecule is COC(=O)c1ccc(CSc2nnc(Nc3ccc(OC(F)(F)F)cc3)s2)o1. The third-order valence-electron chi connectivity index (χ3n) is 3.13. The van der Waals surface area contributed by atoms with E-state index in [1.165, 1.54) is 60.5 Å². The van der Waals surface area contributed by atoms with Crippen molar-refractivity contribution in [2.45, 2.75) is 16.5 Å². The van der Waals surface area contributed by atoms with Gasteiger partial charge in [-0.3, -0.25) is 0 Å². The number of alkyl halides is 3. The van der Waals surface area contributed by atoms with Gasteiger partial charge in [0.15, 0.2) is 4.34 Å². The summed E-state index contributed by atoms with van der Waals surface area (Å²) in [5.41, 5.74) is 0.538. The van der Waals surface area contributed by atoms with Crippen molar-refractivity contribution in [2.75, 3.05) is 12.4 Å². The average Bonchev–Trinajstić information content (AvgIpc) is 3.29. The summed E-state index contributed by atoms with van der Waals surface area (Å²) in [6, 6.07) is 8.47. The van der Waals surface area contributed by atoms with Gasteiger partial charge in [0.2, 0.25) is 10.9 Å². The van der Waals surface area contributed by atoms with Gasteiger partial charge in [-0.15, -0.1) is 23.4 Å². The first-order valence-electron chi connectivity index (χ1n) is 7.58. The summed E-state index contributed by atoms with van der Waals surface area (Å²) in [5.74, 6) is 0.280. The summed E-state index contributed by atoms with van der Waals surface area (Å²) in [7, 11) is 1.27. The van der Waals surface area contributed by atoms with Crippen molar-refractivity contribution in [1.29, 1.82) is 0 Å². The number of carbonyl (C=O) groups excluding carboxylic acids is 1. The van der Waals surface area contributed by atoms with Crippen molar-refractivity contribution in [3.05, 3.63) is 47.9 Å². The molecular weight excluding hydrogens is 419 g/mol. The molecule has 7 nitrogen and oxygen atoms in total. The Labute approximate surface area is 164 Å². The molecule has 0 spiro atoms. The Kier molecular flexibility index (Phi) is 6.09. The van der Waals surface area contributed by atoms with Crippen LogP contribution < -0.4 is 10.1 Å². The van der Waals surface area contributed by atoms with E-state index in [-0.39, 0.29) is 11.5 Å². The van der Waals surface area contributed by atoms with E-state index in [1.54, 1.807) is 6.07 Å². The molecule has 28 heavy (non-hydrogen) atoms. The van der Waals surface area contributed by atoms with Crippen molar-refractivity contribution < 1.29 is 31.9 Å². The van der Waals surface area contributed by atoms with Gasteiger partial charge >= 0.3 is 12.3 Å². The molecule has 0 fully saturated rings. The summed E-state index contributed by atoms with van der Waals surface area (Å²) in [6.45, 7) is 0. The van der Waals surface area contributed by atoms with E-state index < -0.39 is 12.3 Å². The second kappa shape index (κ2) is 8.52. The average molecular weight is 431 g/mol. The molecule has 3 rings (SSSR count). The minimum Gasteiger partial charge on any atom is -0.463 e. The van der Waals surface area contributed by atoms with Gasteiger partial charge in [0, 0.05) is 5.69 Å². The van der Waals surface area contributed by atoms with Crippen LogP contribution in [0.25, 0.3) is 0 Å². The molecule has 0 aliphatic carbocycles. The number of carbonyl (C=O) groups is 1. The topological polar surface area (TPSA) is 86.5 Å². The molecule has 0 aliphatic rings. The zero-order valence-electron chi connectivity index (χ0n) is 14.1. The summed E-state index contributed by atoms with van der Waals surface area (Å²) >= 11 is 2.62. The molecule has 0 radical (unpaired) electrons. The summed E-state index contributed by atoms with van der Waals surface area (Å²) < 4.78 is 50.9. The van der Waals surface area contributed by atoms with E-state index in [4.69, 9.17) is 4.42 Å². The number of hydrogen-bond donors (Lipinski definition) is 1. The highest BCUT2D eigenvalue weighted by Gasteiger charge is 2.30. The lowest BCUT2D eigenvalue weighted by Gasteiger charge is -2.09. The van der Waals surface area contributed by atoms with E-state index in [1.807, 2.05) is 0 Å². The van der Waals surface area contributed by atoms with Gasteiger partial charge < -0.3 is 19.2 Å². The van der Waals surface area contributed by atoms with Crippen LogP contribution in [0.5, 0.6) is 5.75 Å². The van der Waals surface area contributed by atoms with E-state index in [9.17, 15) is 18.0 Å². The first-order chi connectivity index (χ1) is 13.3. The number of rotatable bonds is 7. The number of methoxy groups -OCH3 is 1. The second-order valence-electron chi connectivity index (χ2n) is 5.12. The first kappa shape index (κ1) is 20.0. The summed E-state index contributed by atoms with van der Waals surface area (Å²) in [5, 5.41) is 11.4. The van der Waals surface area contributed by atoms with E-state index in [0.717, 1.165) is 0 Å². The Morgan fingerprint density at radius 1 is 1.21 bits per heavy atom. The Balaban J connectivity index is 1.54. The van der Waals surface area contributed by atoms with Crippen molar-refractivity contribution in [3.8, 4) is 5.75 Å². The van der Waals surface area contributed by atoms with Crippen LogP contribution in [0.2, 0.25) is 0 Å². The maximum absolute atomic E-state index is 12.2. The van der Waals surface area contributed by atoms with Crippen molar-refractivity contribution in [1.82, 2.24) is 10.2 Å². The van der Waals surface area contributed by atoms with Crippen LogP contribution in [0.15, 0.2) is 45.2 Å². The van der Waals surface area contributed by atoms with Gasteiger partial charge in [-0.25, -0.2) is 4.79 Å². The van der Waals surface area contributed by atoms with Gasteiger partial charge in [0.25, 0.3) is 0 Å². The summed E-state index contributed by atoms with van der Waals surface area (Å²) in [6.07, 6.45) is -4.73. The maximum atomic E-state index is 12.2. The number of furan rings is 1. The molecule has 0 amide bonds. The number of nitrogens with zero attached hydrogens (tertiary/aromatic N) is 2. The number of anilines is 2. The smallest absolute Gasteiger partial charge is 0.463 e. The standard InChI is InChI=1S/C16H12F3N3O4S2/c1-24-13(23)12-7-6-11(25-12)8-27-15-22-21-14(28-15)20-9-2-4-10(5-3-9)26-16(17,18)19/h2-7H,8H2,1H3,(H,20,21). The van der Waals surface area contributed by atoms with E-state index in [2.05, 4.69) is 25.0 Å². The molecule has 2 aromatic heterocycles. The maximum Gasteiger partial charge on any atom is 0.573 e. The lowest BCUT2D eigenvalue weighted by Crippen LogP contribution is -2.16. The normalized spacial score (nSPS) is 11.3. The Bertz CT molecular complexity index is 941. The van der Waals surface area contributed by atoms with Gasteiger partial charge in [0.1, 0.15) is 11.5 Å². The van der Waals surface area contributed by atoms with Crippen LogP contribution in [-0.4, -0.2) is 29.6 Å². The third kappa shape index (κ3) is 5.63. The molecule has 1 aromatic carbocycles. The van der Waals surface area contributed by atoms with Crippen molar-refractivity contribution in [3.63, 3.8) is 0 Å². The quantitative estimate of drug-likeness (QED) is 0.420. The molecule has 0 saturated heterocycles. The molecule has 0 saturated carbocycles. The van der Waals surface area contributed by atoms with Crippen LogP contribution in [0.4, 0.5) is 24.0 Å². The molecule has 1 N–H and O–H groups in total. The Morgan fingerprint density at radius 2 is 1.96 bits per heavy atom. The molecule has 3 aromatic rings. The molecule has 0 aliphatic heterocycles. The molecular formula is C16H12F3N3O4S2. The number of esters is 1. The number of nitrogens with one attached hydrogen (secondary N) is 1. The van der Waals surface area contributed by atoms with Crippen LogP contribution in [0.1, 0.15) is 16.3 Å². The fourth-order valence-corrected chi connectivity index (χ4v) is 3.65. The Morgan fingerprint density at radius 3 is 2.64 bits per heavy atom. The minimum absolute atomic E-state index is 0.121. The van der Waals surface area contributed by atoms with Crippen LogP contribution >= 0.6 is 23.1 Å². The fourth-order valence-electron chi connectivity index (χ4n) is 1.98. The number of aromatic nitrogens is 2. The fraction of sp³-hybridized carbons (Fsp3) is 0.188. The lowest BCUT2D eigenvalue weighted by atomic mass is 10.3. The van der Waals surface area contributed by atoms with Crippen LogP contribution in [-0.2, 0) is 10.5 Å². The van der Waals surface area contributed by atoms with Crippen LogP contribution in [0, 0.1) is 0 Å². The van der Waals surface area contributed by atoms with E-state index in [0.29, 0.717) is 26.7 Å². The number of benzene rings is 1. The molecule has 12 heteroatoms. The lowest BCUT2D eigenvalue weighted by molar-refractivity contribution is -0.274. The van der Waals surface area contributed by atoms with Gasteiger partial charge in [-0.05, 0) is 36.4 Å². The van der Waals surface area contributed by atoms with Crippen molar-refractivity contribution in [2.24, 2.45) is 0 Å². The molecule has 2 heterocycles. The van der Waals surface area contributed by atoms with Crippen molar-refractivity contribution >= 4 is 39.9 Å².